The van der Waals surface area contributed by atoms with E-state index >= 15 is 0 Å². The third-order valence-electron chi connectivity index (χ3n) is 4.55. The van der Waals surface area contributed by atoms with Gasteiger partial charge in [-0.2, -0.15) is 17.5 Å². The van der Waals surface area contributed by atoms with Crippen LogP contribution in [0.25, 0.3) is 0 Å². The fraction of sp³-hybridized carbons (Fsp3) is 0.421. The van der Waals surface area contributed by atoms with Crippen molar-refractivity contribution >= 4 is 27.3 Å². The normalized spacial score (nSPS) is 15.7. The van der Waals surface area contributed by atoms with Gasteiger partial charge in [-0.05, 0) is 42.0 Å². The molecule has 6 nitrogen and oxygen atoms in total. The highest BCUT2D eigenvalue weighted by Gasteiger charge is 2.31. The van der Waals surface area contributed by atoms with E-state index in [2.05, 4.69) is 10.1 Å². The van der Waals surface area contributed by atoms with Crippen LogP contribution in [0.1, 0.15) is 34.5 Å². The molecule has 0 unspecified atom stereocenters. The molecule has 0 aliphatic carbocycles. The predicted octanol–water partition coefficient (Wildman–Crippen LogP) is 3.79. The van der Waals surface area contributed by atoms with Gasteiger partial charge in [0.1, 0.15) is 15.5 Å². The number of nitrogens with zero attached hydrogens (tertiary/aromatic N) is 1. The summed E-state index contributed by atoms with van der Waals surface area (Å²) >= 11 is 1.05. The van der Waals surface area contributed by atoms with E-state index < -0.39 is 28.7 Å². The number of nitrogens with one attached hydrogen (secondary N) is 1. The van der Waals surface area contributed by atoms with Crippen LogP contribution in [0.5, 0.6) is 5.75 Å². The van der Waals surface area contributed by atoms with Gasteiger partial charge in [0.05, 0.1) is 0 Å². The van der Waals surface area contributed by atoms with Gasteiger partial charge in [-0.3, -0.25) is 4.79 Å². The van der Waals surface area contributed by atoms with Gasteiger partial charge in [-0.15, -0.1) is 11.3 Å². The van der Waals surface area contributed by atoms with E-state index in [9.17, 15) is 26.4 Å². The molecule has 0 bridgehead atoms. The highest BCUT2D eigenvalue weighted by molar-refractivity contribution is 7.89. The number of halogens is 3. The first-order chi connectivity index (χ1) is 14.2. The Hall–Kier alpha value is -2.11. The lowest BCUT2D eigenvalue weighted by Gasteiger charge is -2.25. The summed E-state index contributed by atoms with van der Waals surface area (Å²) in [7, 11) is -3.73. The van der Waals surface area contributed by atoms with Crippen molar-refractivity contribution in [3.8, 4) is 5.75 Å². The molecule has 3 rings (SSSR count). The van der Waals surface area contributed by atoms with Crippen LogP contribution in [-0.2, 0) is 16.6 Å². The lowest BCUT2D eigenvalue weighted by Crippen LogP contribution is -2.36. The minimum Gasteiger partial charge on any atom is -0.484 e. The third kappa shape index (κ3) is 5.73. The molecule has 0 saturated carbocycles. The molecule has 1 aliphatic heterocycles. The number of hydrogen-bond donors (Lipinski definition) is 1. The van der Waals surface area contributed by atoms with Gasteiger partial charge in [0.25, 0.3) is 5.91 Å². The van der Waals surface area contributed by atoms with Gasteiger partial charge in [-0.1, -0.05) is 18.6 Å². The molecule has 1 N–H and O–H groups in total. The van der Waals surface area contributed by atoms with Crippen LogP contribution >= 0.6 is 11.3 Å². The molecule has 11 heteroatoms. The molecular formula is C19H21F3N2O4S2. The number of alkyl halides is 3. The summed E-state index contributed by atoms with van der Waals surface area (Å²) in [5, 5.41) is 4.23. The van der Waals surface area contributed by atoms with E-state index in [4.69, 9.17) is 0 Å². The third-order valence-corrected chi connectivity index (χ3v) is 7.53. The zero-order chi connectivity index (χ0) is 21.8. The van der Waals surface area contributed by atoms with Crippen molar-refractivity contribution in [1.82, 2.24) is 9.62 Å². The summed E-state index contributed by atoms with van der Waals surface area (Å²) in [6.45, 7) is -0.390. The van der Waals surface area contributed by atoms with Crippen LogP contribution < -0.4 is 10.1 Å². The van der Waals surface area contributed by atoms with Crippen molar-refractivity contribution in [2.75, 3.05) is 19.7 Å². The van der Waals surface area contributed by atoms with Gasteiger partial charge in [0.2, 0.25) is 10.0 Å². The van der Waals surface area contributed by atoms with E-state index in [1.165, 1.54) is 34.6 Å². The van der Waals surface area contributed by atoms with Gasteiger partial charge >= 0.3 is 6.18 Å². The SMILES string of the molecule is O=C(NCc1ccc(OCC(F)(F)F)cc1)c1sccc1S(=O)(=O)N1CCCCC1. The molecule has 1 aromatic heterocycles. The molecule has 2 aromatic rings. The van der Waals surface area contributed by atoms with Gasteiger partial charge in [0, 0.05) is 19.6 Å². The first-order valence-corrected chi connectivity index (χ1v) is 11.6. The number of piperidine rings is 1. The van der Waals surface area contributed by atoms with Gasteiger partial charge in [-0.25, -0.2) is 8.42 Å². The summed E-state index contributed by atoms with van der Waals surface area (Å²) in [6.07, 6.45) is -1.83. The standard InChI is InChI=1S/C19H21F3N2O4S2/c20-19(21,22)13-28-15-6-4-14(5-7-15)12-23-18(25)17-16(8-11-29-17)30(26,27)24-9-2-1-3-10-24/h4-8,11H,1-3,9-10,12-13H2,(H,23,25). The fourth-order valence-electron chi connectivity index (χ4n) is 3.04. The largest absolute Gasteiger partial charge is 0.484 e. The number of benzene rings is 1. The van der Waals surface area contributed by atoms with Crippen molar-refractivity contribution in [2.45, 2.75) is 36.9 Å². The van der Waals surface area contributed by atoms with Crippen LogP contribution in [0.4, 0.5) is 13.2 Å². The molecular weight excluding hydrogens is 441 g/mol. The quantitative estimate of drug-likeness (QED) is 0.679. The first kappa shape index (κ1) is 22.6. The monoisotopic (exact) mass is 462 g/mol. The topological polar surface area (TPSA) is 75.7 Å². The van der Waals surface area contributed by atoms with E-state index in [0.717, 1.165) is 30.6 Å². The van der Waals surface area contributed by atoms with E-state index in [1.807, 2.05) is 0 Å². The molecule has 1 aliphatic rings. The molecule has 1 aromatic carbocycles. The van der Waals surface area contributed by atoms with Gasteiger partial charge in [0.15, 0.2) is 6.61 Å². The lowest BCUT2D eigenvalue weighted by molar-refractivity contribution is -0.153. The van der Waals surface area contributed by atoms with E-state index in [-0.39, 0.29) is 22.1 Å². The summed E-state index contributed by atoms with van der Waals surface area (Å²) in [4.78, 5) is 12.7. The van der Waals surface area contributed by atoms with Crippen LogP contribution in [0.15, 0.2) is 40.6 Å². The minimum absolute atomic E-state index is 0.00259. The summed E-state index contributed by atoms with van der Waals surface area (Å²) in [5.41, 5.74) is 0.639. The molecule has 1 fully saturated rings. The minimum atomic E-state index is -4.42. The van der Waals surface area contributed by atoms with Crippen LogP contribution in [-0.4, -0.2) is 44.5 Å². The molecule has 0 radical (unpaired) electrons. The zero-order valence-corrected chi connectivity index (χ0v) is 17.6. The lowest BCUT2D eigenvalue weighted by atomic mass is 10.2. The smallest absolute Gasteiger partial charge is 0.422 e. The van der Waals surface area contributed by atoms with Crippen molar-refractivity contribution in [2.24, 2.45) is 0 Å². The molecule has 0 spiro atoms. The Kier molecular flexibility index (Phi) is 7.04. The van der Waals surface area contributed by atoms with Crippen molar-refractivity contribution in [3.63, 3.8) is 0 Å². The Bertz CT molecular complexity index is 966. The number of carbonyl (C=O) groups is 1. The molecule has 30 heavy (non-hydrogen) atoms. The number of thiophene rings is 1. The number of sulfonamides is 1. The maximum Gasteiger partial charge on any atom is 0.422 e. The van der Waals surface area contributed by atoms with Crippen molar-refractivity contribution < 1.29 is 31.1 Å². The average Bonchev–Trinajstić information content (AvgIpc) is 3.22. The van der Waals surface area contributed by atoms with Crippen LogP contribution in [0.3, 0.4) is 0 Å². The summed E-state index contributed by atoms with van der Waals surface area (Å²) in [5.74, 6) is -0.450. The molecule has 1 amide bonds. The number of ether oxygens (including phenoxy) is 1. The first-order valence-electron chi connectivity index (χ1n) is 9.31. The highest BCUT2D eigenvalue weighted by atomic mass is 32.2. The van der Waals surface area contributed by atoms with E-state index in [0.29, 0.717) is 18.7 Å². The Balaban J connectivity index is 1.62. The molecule has 0 atom stereocenters. The fourth-order valence-corrected chi connectivity index (χ4v) is 5.88. The Labute approximate surface area is 176 Å². The Morgan fingerprint density at radius 1 is 1.10 bits per heavy atom. The molecule has 164 valence electrons. The maximum atomic E-state index is 12.9. The second-order valence-corrected chi connectivity index (χ2v) is 9.63. The Morgan fingerprint density at radius 3 is 2.40 bits per heavy atom. The van der Waals surface area contributed by atoms with Crippen LogP contribution in [0.2, 0.25) is 0 Å². The number of amides is 1. The number of hydrogen-bond acceptors (Lipinski definition) is 5. The second-order valence-electron chi connectivity index (χ2n) is 6.81. The second kappa shape index (κ2) is 9.36. The number of carbonyl (C=O) groups excluding carboxylic acids is 1. The summed E-state index contributed by atoms with van der Waals surface area (Å²) in [6, 6.07) is 7.27. The maximum absolute atomic E-state index is 12.9. The van der Waals surface area contributed by atoms with E-state index in [1.54, 1.807) is 5.38 Å². The van der Waals surface area contributed by atoms with Gasteiger partial charge < -0.3 is 10.1 Å². The molecule has 2 heterocycles. The van der Waals surface area contributed by atoms with Crippen molar-refractivity contribution in [1.29, 1.82) is 0 Å². The average molecular weight is 463 g/mol. The number of rotatable bonds is 7. The zero-order valence-electron chi connectivity index (χ0n) is 15.9. The van der Waals surface area contributed by atoms with Crippen molar-refractivity contribution in [3.05, 3.63) is 46.2 Å². The van der Waals surface area contributed by atoms with Crippen LogP contribution in [0, 0.1) is 0 Å². The molecule has 1 saturated heterocycles. The highest BCUT2D eigenvalue weighted by Crippen LogP contribution is 2.27. The predicted molar refractivity (Wildman–Crippen MR) is 106 cm³/mol. The summed E-state index contributed by atoms with van der Waals surface area (Å²) < 4.78 is 68.4. The Morgan fingerprint density at radius 2 is 1.77 bits per heavy atom.